The molecule has 0 aliphatic carbocycles. The van der Waals surface area contributed by atoms with Crippen molar-refractivity contribution in [2.45, 2.75) is 24.9 Å². The number of anilines is 1. The molecule has 0 amide bonds. The van der Waals surface area contributed by atoms with Gasteiger partial charge >= 0.3 is 0 Å². The Morgan fingerprint density at radius 2 is 1.92 bits per heavy atom. The molecule has 2 atom stereocenters. The van der Waals surface area contributed by atoms with Gasteiger partial charge in [0.2, 0.25) is 0 Å². The van der Waals surface area contributed by atoms with Crippen LogP contribution in [-0.2, 0) is 0 Å². The van der Waals surface area contributed by atoms with E-state index < -0.39 is 0 Å². The van der Waals surface area contributed by atoms with Crippen LogP contribution in [0.5, 0.6) is 0 Å². The number of benzene rings is 1. The van der Waals surface area contributed by atoms with E-state index >= 15 is 0 Å². The molecule has 2 nitrogen and oxygen atoms in total. The summed E-state index contributed by atoms with van der Waals surface area (Å²) in [6.07, 6.45) is 2.57. The molecule has 1 aromatic rings. The maximum Gasteiger partial charge on any atom is 0.0330 e. The van der Waals surface area contributed by atoms with E-state index in [4.69, 9.17) is 5.73 Å². The molecule has 0 spiro atoms. The Balaban J connectivity index is 2.20. The van der Waals surface area contributed by atoms with Gasteiger partial charge in [0, 0.05) is 17.8 Å². The first-order valence-corrected chi connectivity index (χ1v) is 4.50. The van der Waals surface area contributed by atoms with Crippen LogP contribution in [0.2, 0.25) is 0 Å². The summed E-state index contributed by atoms with van der Waals surface area (Å²) in [5.74, 6) is 0. The van der Waals surface area contributed by atoms with Crippen LogP contribution in [0.1, 0.15) is 36.1 Å². The van der Waals surface area contributed by atoms with E-state index in [0.29, 0.717) is 12.1 Å². The summed E-state index contributed by atoms with van der Waals surface area (Å²) in [7, 11) is 0. The molecule has 2 heterocycles. The summed E-state index contributed by atoms with van der Waals surface area (Å²) in [4.78, 5) is 0. The second-order valence-electron chi connectivity index (χ2n) is 3.74. The van der Waals surface area contributed by atoms with Gasteiger partial charge in [-0.1, -0.05) is 6.07 Å². The lowest BCUT2D eigenvalue weighted by Gasteiger charge is -2.12. The Morgan fingerprint density at radius 1 is 1.17 bits per heavy atom. The van der Waals surface area contributed by atoms with E-state index in [1.165, 1.54) is 24.0 Å². The van der Waals surface area contributed by atoms with E-state index in [1.807, 2.05) is 6.07 Å². The number of fused-ring (bicyclic) bond motifs is 5. The van der Waals surface area contributed by atoms with Crippen LogP contribution < -0.4 is 11.1 Å². The maximum absolute atomic E-state index is 5.73. The molecule has 0 aromatic heterocycles. The Kier molecular flexibility index (Phi) is 1.09. The van der Waals surface area contributed by atoms with Crippen molar-refractivity contribution < 1.29 is 0 Å². The number of nitrogen functional groups attached to an aromatic ring is 1. The standard InChI is InChI=1S/C10H12N2/c11-6-1-2-7-8(5-6)10-4-3-9(7)12-10/h1-2,5,9-10,12H,3-4,11H2. The van der Waals surface area contributed by atoms with Gasteiger partial charge in [0.25, 0.3) is 0 Å². The molecule has 2 unspecified atom stereocenters. The van der Waals surface area contributed by atoms with E-state index in [9.17, 15) is 0 Å². The van der Waals surface area contributed by atoms with E-state index in [2.05, 4.69) is 17.4 Å². The molecule has 12 heavy (non-hydrogen) atoms. The SMILES string of the molecule is Nc1ccc2c(c1)C1CCC2N1. The fourth-order valence-corrected chi connectivity index (χ4v) is 2.45. The molecule has 3 rings (SSSR count). The Morgan fingerprint density at radius 3 is 2.75 bits per heavy atom. The molecule has 3 N–H and O–H groups in total. The van der Waals surface area contributed by atoms with Gasteiger partial charge in [0.15, 0.2) is 0 Å². The predicted molar refractivity (Wildman–Crippen MR) is 48.7 cm³/mol. The number of nitrogens with two attached hydrogens (primary N) is 1. The summed E-state index contributed by atoms with van der Waals surface area (Å²) in [5, 5.41) is 3.56. The van der Waals surface area contributed by atoms with Crippen LogP contribution in [0.15, 0.2) is 18.2 Å². The topological polar surface area (TPSA) is 38.0 Å². The highest BCUT2D eigenvalue weighted by molar-refractivity contribution is 5.50. The molecule has 2 heteroatoms. The lowest BCUT2D eigenvalue weighted by molar-refractivity contribution is 0.639. The van der Waals surface area contributed by atoms with Gasteiger partial charge in [-0.2, -0.15) is 0 Å². The average Bonchev–Trinajstić information content (AvgIpc) is 2.63. The fourth-order valence-electron chi connectivity index (χ4n) is 2.45. The number of hydrogen-bond donors (Lipinski definition) is 2. The van der Waals surface area contributed by atoms with Gasteiger partial charge in [-0.3, -0.25) is 0 Å². The third-order valence-corrected chi connectivity index (χ3v) is 3.01. The Labute approximate surface area is 71.8 Å². The second-order valence-corrected chi connectivity index (χ2v) is 3.74. The van der Waals surface area contributed by atoms with Crippen molar-refractivity contribution in [3.05, 3.63) is 29.3 Å². The second kappa shape index (κ2) is 2.02. The van der Waals surface area contributed by atoms with Crippen molar-refractivity contribution >= 4 is 5.69 Å². The van der Waals surface area contributed by atoms with Gasteiger partial charge < -0.3 is 11.1 Å². The van der Waals surface area contributed by atoms with Crippen molar-refractivity contribution in [1.29, 1.82) is 0 Å². The van der Waals surface area contributed by atoms with Crippen molar-refractivity contribution in [1.82, 2.24) is 5.32 Å². The normalized spacial score (nSPS) is 30.7. The lowest BCUT2D eigenvalue weighted by Crippen LogP contribution is -2.05. The Hall–Kier alpha value is -1.02. The van der Waals surface area contributed by atoms with Crippen molar-refractivity contribution in [3.8, 4) is 0 Å². The lowest BCUT2D eigenvalue weighted by atomic mass is 9.91. The van der Waals surface area contributed by atoms with E-state index in [1.54, 1.807) is 0 Å². The third kappa shape index (κ3) is 0.681. The summed E-state index contributed by atoms with van der Waals surface area (Å²) >= 11 is 0. The molecular weight excluding hydrogens is 148 g/mol. The molecule has 1 saturated heterocycles. The van der Waals surface area contributed by atoms with Crippen LogP contribution in [0, 0.1) is 0 Å². The minimum Gasteiger partial charge on any atom is -0.399 e. The van der Waals surface area contributed by atoms with Gasteiger partial charge in [-0.05, 0) is 36.1 Å². The molecule has 2 aliphatic heterocycles. The molecular formula is C10H12N2. The highest BCUT2D eigenvalue weighted by Gasteiger charge is 2.35. The zero-order valence-corrected chi connectivity index (χ0v) is 6.88. The van der Waals surface area contributed by atoms with E-state index in [-0.39, 0.29) is 0 Å². The molecule has 1 fully saturated rings. The largest absolute Gasteiger partial charge is 0.399 e. The van der Waals surface area contributed by atoms with Crippen LogP contribution in [0.4, 0.5) is 5.69 Å². The van der Waals surface area contributed by atoms with E-state index in [0.717, 1.165) is 5.69 Å². The molecule has 2 aliphatic rings. The molecule has 1 aromatic carbocycles. The van der Waals surface area contributed by atoms with Gasteiger partial charge in [0.05, 0.1) is 0 Å². The van der Waals surface area contributed by atoms with Crippen LogP contribution in [0.25, 0.3) is 0 Å². The summed E-state index contributed by atoms with van der Waals surface area (Å²) in [6.45, 7) is 0. The number of nitrogens with one attached hydrogen (secondary N) is 1. The minimum atomic E-state index is 0.591. The van der Waals surface area contributed by atoms with Gasteiger partial charge in [0.1, 0.15) is 0 Å². The maximum atomic E-state index is 5.73. The Bertz CT molecular complexity index is 333. The monoisotopic (exact) mass is 160 g/mol. The fraction of sp³-hybridized carbons (Fsp3) is 0.400. The zero-order valence-electron chi connectivity index (χ0n) is 6.88. The van der Waals surface area contributed by atoms with Gasteiger partial charge in [-0.15, -0.1) is 0 Å². The van der Waals surface area contributed by atoms with Crippen LogP contribution in [0.3, 0.4) is 0 Å². The van der Waals surface area contributed by atoms with Crippen LogP contribution >= 0.6 is 0 Å². The average molecular weight is 160 g/mol. The number of hydrogen-bond acceptors (Lipinski definition) is 2. The van der Waals surface area contributed by atoms with Crippen molar-refractivity contribution in [2.24, 2.45) is 0 Å². The molecule has 2 bridgehead atoms. The highest BCUT2D eigenvalue weighted by Crippen LogP contribution is 2.45. The molecule has 62 valence electrons. The first-order valence-electron chi connectivity index (χ1n) is 4.50. The minimum absolute atomic E-state index is 0.591. The first kappa shape index (κ1) is 6.49. The smallest absolute Gasteiger partial charge is 0.0330 e. The van der Waals surface area contributed by atoms with Crippen LogP contribution in [-0.4, -0.2) is 0 Å². The summed E-state index contributed by atoms with van der Waals surface area (Å²) in [6, 6.07) is 7.49. The third-order valence-electron chi connectivity index (χ3n) is 3.01. The molecule has 0 radical (unpaired) electrons. The summed E-state index contributed by atoms with van der Waals surface area (Å²) in [5.41, 5.74) is 9.54. The highest BCUT2D eigenvalue weighted by atomic mass is 15.0. The summed E-state index contributed by atoms with van der Waals surface area (Å²) < 4.78 is 0. The molecule has 0 saturated carbocycles. The predicted octanol–water partition coefficient (Wildman–Crippen LogP) is 1.75. The van der Waals surface area contributed by atoms with Crippen molar-refractivity contribution in [2.75, 3.05) is 5.73 Å². The number of rotatable bonds is 0. The quantitative estimate of drug-likeness (QED) is 0.567. The van der Waals surface area contributed by atoms with Gasteiger partial charge in [-0.25, -0.2) is 0 Å². The zero-order chi connectivity index (χ0) is 8.13. The van der Waals surface area contributed by atoms with Crippen molar-refractivity contribution in [3.63, 3.8) is 0 Å². The first-order chi connectivity index (χ1) is 5.84.